The van der Waals surface area contributed by atoms with Crippen LogP contribution in [0.4, 0.5) is 0 Å². The van der Waals surface area contributed by atoms with Gasteiger partial charge in [0.25, 0.3) is 0 Å². The number of pyridine rings is 2. The molecule has 0 saturated carbocycles. The Hall–Kier alpha value is -4.92. The zero-order chi connectivity index (χ0) is 42.7. The Labute approximate surface area is 384 Å². The fourth-order valence-electron chi connectivity index (χ4n) is 10.1. The highest BCUT2D eigenvalue weighted by Crippen LogP contribution is 2.50. The third-order valence-corrected chi connectivity index (χ3v) is 22.8. The highest BCUT2D eigenvalue weighted by atomic mass is 32.1. The molecule has 10 aromatic rings. The molecule has 8 aromatic heterocycles. The van der Waals surface area contributed by atoms with Crippen molar-refractivity contribution in [3.05, 3.63) is 85.2 Å². The quantitative estimate of drug-likeness (QED) is 0.0883. The minimum absolute atomic E-state index is 0.671. The first-order chi connectivity index (χ1) is 31.0. The van der Waals surface area contributed by atoms with Gasteiger partial charge in [0.2, 0.25) is 0 Å². The number of benzene rings is 2. The lowest BCUT2D eigenvalue weighted by atomic mass is 10.0. The number of hydrogen-bond donors (Lipinski definition) is 0. The average Bonchev–Trinajstić information content (AvgIpc) is 4.17. The highest BCUT2D eigenvalue weighted by Gasteiger charge is 2.50. The molecule has 1 aliphatic heterocycles. The molecule has 13 heteroatoms. The number of rotatable bonds is 16. The van der Waals surface area contributed by atoms with Crippen LogP contribution in [0, 0.1) is 11.8 Å². The van der Waals surface area contributed by atoms with Crippen LogP contribution in [0.25, 0.3) is 97.5 Å². The third-order valence-electron chi connectivity index (χ3n) is 13.5. The standard InChI is InChI=1S/C50H48N6O2S4Si/c1-5-9-15-29(7-3)27-63(28-30(8-4)16-10-6-2)41-23-39(33-25-51-45(47-43(33)53-61-55-47)37-21-31-17-11-13-19-35(31)57-37)59-49(41)50-42(63)24-40(60-50)34-26-52-46(48-44(34)54-62-56-48)38-22-32-18-12-14-20-36(32)58-38/h11-14,17-26,29-30H,5-10,15-16,27-28H2,1-4H3. The average molecular weight is 921 g/mol. The molecule has 63 heavy (non-hydrogen) atoms. The molecule has 2 unspecified atom stereocenters. The molecular formula is C50H48N6O2S4Si. The molecule has 1 aliphatic rings. The van der Waals surface area contributed by atoms with E-state index in [4.69, 9.17) is 36.3 Å². The molecule has 318 valence electrons. The summed E-state index contributed by atoms with van der Waals surface area (Å²) in [5.74, 6) is 2.78. The molecule has 0 bridgehead atoms. The number of aromatic nitrogens is 6. The number of hydrogen-bond acceptors (Lipinski definition) is 12. The van der Waals surface area contributed by atoms with E-state index in [2.05, 4.69) is 64.1 Å². The van der Waals surface area contributed by atoms with Crippen molar-refractivity contribution in [2.45, 2.75) is 91.1 Å². The van der Waals surface area contributed by atoms with Gasteiger partial charge >= 0.3 is 0 Å². The Balaban J connectivity index is 1.08. The van der Waals surface area contributed by atoms with E-state index in [1.165, 1.54) is 106 Å². The second-order valence-electron chi connectivity index (χ2n) is 17.3. The van der Waals surface area contributed by atoms with E-state index in [-0.39, 0.29) is 0 Å². The van der Waals surface area contributed by atoms with E-state index >= 15 is 0 Å². The smallest absolute Gasteiger partial charge is 0.156 e. The summed E-state index contributed by atoms with van der Waals surface area (Å²) in [6.07, 6.45) is 14.0. The molecular weight excluding hydrogens is 873 g/mol. The van der Waals surface area contributed by atoms with Crippen molar-refractivity contribution < 1.29 is 8.83 Å². The van der Waals surface area contributed by atoms with Crippen molar-refractivity contribution in [2.75, 3.05) is 0 Å². The number of furan rings is 2. The molecule has 0 spiro atoms. The topological polar surface area (TPSA) is 104 Å². The maximum Gasteiger partial charge on any atom is 0.156 e. The van der Waals surface area contributed by atoms with Crippen molar-refractivity contribution in [3.63, 3.8) is 0 Å². The molecule has 0 radical (unpaired) electrons. The molecule has 0 N–H and O–H groups in total. The molecule has 0 aliphatic carbocycles. The van der Waals surface area contributed by atoms with Gasteiger partial charge in [-0.15, -0.1) is 22.7 Å². The maximum atomic E-state index is 6.31. The van der Waals surface area contributed by atoms with Crippen molar-refractivity contribution in [1.29, 1.82) is 0 Å². The van der Waals surface area contributed by atoms with Crippen molar-refractivity contribution in [2.24, 2.45) is 11.8 Å². The van der Waals surface area contributed by atoms with Gasteiger partial charge in [0, 0.05) is 53.8 Å². The summed E-state index contributed by atoms with van der Waals surface area (Å²) in [5, 5.41) is 5.35. The van der Waals surface area contributed by atoms with Gasteiger partial charge in [0.05, 0.1) is 23.5 Å². The largest absolute Gasteiger partial charge is 0.454 e. The first-order valence-corrected chi connectivity index (χ1v) is 28.0. The van der Waals surface area contributed by atoms with Crippen LogP contribution in [-0.2, 0) is 0 Å². The van der Waals surface area contributed by atoms with Gasteiger partial charge in [0.1, 0.15) is 52.7 Å². The van der Waals surface area contributed by atoms with Gasteiger partial charge in [-0.05, 0) is 70.7 Å². The zero-order valence-electron chi connectivity index (χ0n) is 35.9. The number of unbranched alkanes of at least 4 members (excludes halogenated alkanes) is 2. The Morgan fingerprint density at radius 1 is 0.556 bits per heavy atom. The normalized spacial score (nSPS) is 14.3. The van der Waals surface area contributed by atoms with Gasteiger partial charge < -0.3 is 8.83 Å². The van der Waals surface area contributed by atoms with E-state index < -0.39 is 8.07 Å². The van der Waals surface area contributed by atoms with Crippen LogP contribution in [0.15, 0.2) is 94.0 Å². The molecule has 0 saturated heterocycles. The second kappa shape index (κ2) is 16.9. The molecule has 0 amide bonds. The Bertz CT molecular complexity index is 2980. The van der Waals surface area contributed by atoms with Crippen LogP contribution in [0.3, 0.4) is 0 Å². The number of fused-ring (bicyclic) bond motifs is 7. The molecule has 8 nitrogen and oxygen atoms in total. The van der Waals surface area contributed by atoms with Gasteiger partial charge in [-0.3, -0.25) is 0 Å². The highest BCUT2D eigenvalue weighted by molar-refractivity contribution is 7.31. The molecule has 0 fully saturated rings. The first-order valence-electron chi connectivity index (χ1n) is 22.5. The fourth-order valence-corrected chi connectivity index (χ4v) is 21.7. The predicted molar refractivity (Wildman–Crippen MR) is 268 cm³/mol. The molecule has 2 aromatic carbocycles. The Kier molecular flexibility index (Phi) is 10.9. The second-order valence-corrected chi connectivity index (χ2v) is 24.5. The Morgan fingerprint density at radius 2 is 1.00 bits per heavy atom. The van der Waals surface area contributed by atoms with Crippen LogP contribution < -0.4 is 10.4 Å². The molecule has 11 rings (SSSR count). The fraction of sp³-hybridized carbons (Fsp3) is 0.320. The van der Waals surface area contributed by atoms with Gasteiger partial charge in [-0.1, -0.05) is 115 Å². The molecule has 2 atom stereocenters. The monoisotopic (exact) mass is 920 g/mol. The van der Waals surface area contributed by atoms with E-state index in [9.17, 15) is 0 Å². The maximum absolute atomic E-state index is 6.31. The first kappa shape index (κ1) is 40.8. The minimum atomic E-state index is -2.35. The summed E-state index contributed by atoms with van der Waals surface area (Å²) in [6, 6.07) is 28.0. The third kappa shape index (κ3) is 7.02. The van der Waals surface area contributed by atoms with E-state index in [0.717, 1.165) is 78.0 Å². The van der Waals surface area contributed by atoms with Crippen molar-refractivity contribution >= 4 is 109 Å². The summed E-state index contributed by atoms with van der Waals surface area (Å²) in [7, 11) is -2.35. The minimum Gasteiger partial charge on any atom is -0.454 e. The summed E-state index contributed by atoms with van der Waals surface area (Å²) in [5.41, 5.74) is 8.64. The Morgan fingerprint density at radius 3 is 1.43 bits per heavy atom. The lowest BCUT2D eigenvalue weighted by molar-refractivity contribution is 0.469. The van der Waals surface area contributed by atoms with Crippen LogP contribution in [0.5, 0.6) is 0 Å². The van der Waals surface area contributed by atoms with Crippen LogP contribution in [0.2, 0.25) is 12.1 Å². The van der Waals surface area contributed by atoms with Gasteiger partial charge in [0.15, 0.2) is 11.5 Å². The SMILES string of the molecule is CCCCC(CC)C[Si]1(CC(CC)CCCC)c2cc(-c3cnc(-c4cc5ccccc5o4)c4nsnc34)sc2-c2sc(-c3cnc(-c4cc5ccccc5o4)c4nsnc34)cc21. The van der Waals surface area contributed by atoms with Crippen LogP contribution in [-0.4, -0.2) is 35.5 Å². The van der Waals surface area contributed by atoms with Crippen molar-refractivity contribution in [3.8, 4) is 53.5 Å². The number of thiophene rings is 2. The van der Waals surface area contributed by atoms with Crippen LogP contribution in [0.1, 0.15) is 79.1 Å². The van der Waals surface area contributed by atoms with Gasteiger partial charge in [-0.25, -0.2) is 9.97 Å². The van der Waals surface area contributed by atoms with Crippen molar-refractivity contribution in [1.82, 2.24) is 27.5 Å². The molecule has 9 heterocycles. The summed E-state index contributed by atoms with van der Waals surface area (Å²) >= 11 is 6.36. The van der Waals surface area contributed by atoms with E-state index in [1.54, 1.807) is 10.4 Å². The summed E-state index contributed by atoms with van der Waals surface area (Å²) in [4.78, 5) is 15.5. The lowest BCUT2D eigenvalue weighted by Gasteiger charge is -2.35. The number of nitrogens with zero attached hydrogens (tertiary/aromatic N) is 6. The zero-order valence-corrected chi connectivity index (χ0v) is 40.2. The summed E-state index contributed by atoms with van der Waals surface area (Å²) in [6.45, 7) is 9.52. The number of para-hydroxylation sites is 2. The van der Waals surface area contributed by atoms with E-state index in [1.807, 2.05) is 71.5 Å². The summed E-state index contributed by atoms with van der Waals surface area (Å²) < 4.78 is 32.2. The van der Waals surface area contributed by atoms with Gasteiger partial charge in [-0.2, -0.15) is 17.5 Å². The predicted octanol–water partition coefficient (Wildman–Crippen LogP) is 14.7. The van der Waals surface area contributed by atoms with Crippen LogP contribution >= 0.6 is 46.1 Å². The lowest BCUT2D eigenvalue weighted by Crippen LogP contribution is -2.56. The van der Waals surface area contributed by atoms with E-state index in [0.29, 0.717) is 11.8 Å².